The van der Waals surface area contributed by atoms with Gasteiger partial charge in [-0.2, -0.15) is 5.26 Å². The maximum absolute atomic E-state index is 10.9. The molecule has 0 amide bonds. The molecular weight excluding hydrogens is 234 g/mol. The summed E-state index contributed by atoms with van der Waals surface area (Å²) in [7, 11) is 3.83. The lowest BCUT2D eigenvalue weighted by molar-refractivity contribution is -0.384. The maximum Gasteiger partial charge on any atom is 0.328 e. The summed E-state index contributed by atoms with van der Waals surface area (Å²) < 4.78 is 0. The molecule has 0 aliphatic carbocycles. The molecule has 0 saturated carbocycles. The summed E-state index contributed by atoms with van der Waals surface area (Å²) in [6.07, 6.45) is 1.38. The number of aromatic nitrogens is 1. The zero-order valence-electron chi connectivity index (χ0n) is 10.5. The molecule has 0 radical (unpaired) electrons. The van der Waals surface area contributed by atoms with Crippen LogP contribution in [0, 0.1) is 21.4 Å². The molecule has 0 spiro atoms. The summed E-state index contributed by atoms with van der Waals surface area (Å²) in [5.41, 5.74) is -0.263. The number of nitrogens with one attached hydrogen (secondary N) is 1. The smallest absolute Gasteiger partial charge is 0.328 e. The molecule has 1 unspecified atom stereocenters. The lowest BCUT2D eigenvalue weighted by Crippen LogP contribution is -2.31. The molecule has 0 aliphatic rings. The van der Waals surface area contributed by atoms with Gasteiger partial charge in [-0.05, 0) is 27.1 Å². The summed E-state index contributed by atoms with van der Waals surface area (Å²) in [6, 6.07) is 3.32. The van der Waals surface area contributed by atoms with Crippen LogP contribution in [0.4, 0.5) is 11.5 Å². The monoisotopic (exact) mass is 249 g/mol. The molecule has 7 nitrogen and oxygen atoms in total. The SMILES string of the molecule is CC(CNc1nccc(C#N)c1[N+](=O)[O-])N(C)C. The highest BCUT2D eigenvalue weighted by Crippen LogP contribution is 2.25. The minimum absolute atomic E-state index is 0.00926. The number of nitriles is 1. The topological polar surface area (TPSA) is 95.1 Å². The predicted octanol–water partition coefficient (Wildman–Crippen LogP) is 1.22. The van der Waals surface area contributed by atoms with Crippen LogP contribution in [0.25, 0.3) is 0 Å². The van der Waals surface area contributed by atoms with Crippen LogP contribution in [0.15, 0.2) is 12.3 Å². The van der Waals surface area contributed by atoms with Crippen molar-refractivity contribution in [3.05, 3.63) is 27.9 Å². The molecule has 96 valence electrons. The Hall–Kier alpha value is -2.20. The molecule has 7 heteroatoms. The molecule has 1 heterocycles. The Labute approximate surface area is 105 Å². The summed E-state index contributed by atoms with van der Waals surface area (Å²) in [5.74, 6) is 0.132. The second-order valence-corrected chi connectivity index (χ2v) is 4.12. The van der Waals surface area contributed by atoms with Gasteiger partial charge in [0.25, 0.3) is 0 Å². The first kappa shape index (κ1) is 13.9. The average Bonchev–Trinajstić information content (AvgIpc) is 2.34. The Morgan fingerprint density at radius 3 is 2.83 bits per heavy atom. The van der Waals surface area contributed by atoms with Crippen LogP contribution >= 0.6 is 0 Å². The fraction of sp³-hybridized carbons (Fsp3) is 0.455. The molecule has 1 aromatic heterocycles. The Balaban J connectivity index is 2.96. The fourth-order valence-electron chi connectivity index (χ4n) is 1.29. The average molecular weight is 249 g/mol. The first-order valence-electron chi connectivity index (χ1n) is 5.41. The van der Waals surface area contributed by atoms with E-state index in [1.807, 2.05) is 25.9 Å². The van der Waals surface area contributed by atoms with Crippen molar-refractivity contribution in [3.8, 4) is 6.07 Å². The minimum Gasteiger partial charge on any atom is -0.363 e. The molecule has 0 aliphatic heterocycles. The largest absolute Gasteiger partial charge is 0.363 e. The van der Waals surface area contributed by atoms with Crippen molar-refractivity contribution in [1.82, 2.24) is 9.88 Å². The van der Waals surface area contributed by atoms with Crippen molar-refractivity contribution in [2.75, 3.05) is 26.0 Å². The van der Waals surface area contributed by atoms with Gasteiger partial charge in [0.1, 0.15) is 11.6 Å². The highest BCUT2D eigenvalue weighted by molar-refractivity contribution is 5.64. The molecule has 1 aromatic rings. The molecule has 0 fully saturated rings. The van der Waals surface area contributed by atoms with Gasteiger partial charge < -0.3 is 10.2 Å². The van der Waals surface area contributed by atoms with E-state index in [1.165, 1.54) is 12.3 Å². The normalized spacial score (nSPS) is 11.9. The second kappa shape index (κ2) is 5.93. The standard InChI is InChI=1S/C11H15N5O2/c1-8(15(2)3)7-14-11-10(16(17)18)9(6-12)4-5-13-11/h4-5,8H,7H2,1-3H3,(H,13,14). The van der Waals surface area contributed by atoms with Crippen molar-refractivity contribution in [2.24, 2.45) is 0 Å². The lowest BCUT2D eigenvalue weighted by Gasteiger charge is -2.20. The van der Waals surface area contributed by atoms with Crippen LogP contribution < -0.4 is 5.32 Å². The van der Waals surface area contributed by atoms with Gasteiger partial charge in [0.05, 0.1) is 4.92 Å². The van der Waals surface area contributed by atoms with Crippen LogP contribution in [-0.4, -0.2) is 41.5 Å². The summed E-state index contributed by atoms with van der Waals surface area (Å²) in [4.78, 5) is 16.3. The maximum atomic E-state index is 10.9. The number of nitro groups is 1. The van der Waals surface area contributed by atoms with E-state index in [4.69, 9.17) is 5.26 Å². The van der Waals surface area contributed by atoms with Gasteiger partial charge in [0, 0.05) is 18.8 Å². The first-order valence-corrected chi connectivity index (χ1v) is 5.41. The van der Waals surface area contributed by atoms with E-state index in [1.54, 1.807) is 6.07 Å². The lowest BCUT2D eigenvalue weighted by atomic mass is 10.2. The zero-order valence-corrected chi connectivity index (χ0v) is 10.5. The molecule has 0 saturated heterocycles. The molecule has 1 rings (SSSR count). The molecule has 1 N–H and O–H groups in total. The van der Waals surface area contributed by atoms with E-state index in [0.29, 0.717) is 6.54 Å². The number of hydrogen-bond donors (Lipinski definition) is 1. The Morgan fingerprint density at radius 2 is 2.33 bits per heavy atom. The summed E-state index contributed by atoms with van der Waals surface area (Å²) in [5, 5.41) is 22.7. The van der Waals surface area contributed by atoms with Gasteiger partial charge in [-0.3, -0.25) is 10.1 Å². The van der Waals surface area contributed by atoms with Crippen LogP contribution in [0.3, 0.4) is 0 Å². The van der Waals surface area contributed by atoms with Gasteiger partial charge in [0.15, 0.2) is 0 Å². The van der Waals surface area contributed by atoms with Gasteiger partial charge in [0.2, 0.25) is 5.82 Å². The van der Waals surface area contributed by atoms with Crippen LogP contribution in [-0.2, 0) is 0 Å². The van der Waals surface area contributed by atoms with E-state index in [-0.39, 0.29) is 23.1 Å². The van der Waals surface area contributed by atoms with Gasteiger partial charge in [-0.25, -0.2) is 4.98 Å². The van der Waals surface area contributed by atoms with Crippen molar-refractivity contribution < 1.29 is 4.92 Å². The van der Waals surface area contributed by atoms with Crippen molar-refractivity contribution in [3.63, 3.8) is 0 Å². The molecular formula is C11H15N5O2. The number of anilines is 1. The molecule has 18 heavy (non-hydrogen) atoms. The van der Waals surface area contributed by atoms with E-state index in [2.05, 4.69) is 10.3 Å². The fourth-order valence-corrected chi connectivity index (χ4v) is 1.29. The number of likely N-dealkylation sites (N-methyl/N-ethyl adjacent to an activating group) is 1. The summed E-state index contributed by atoms with van der Waals surface area (Å²) in [6.45, 7) is 2.49. The predicted molar refractivity (Wildman–Crippen MR) is 67.2 cm³/mol. The Kier molecular flexibility index (Phi) is 4.57. The Bertz CT molecular complexity index is 481. The third-order valence-corrected chi connectivity index (χ3v) is 2.67. The van der Waals surface area contributed by atoms with Gasteiger partial charge in [-0.1, -0.05) is 0 Å². The van der Waals surface area contributed by atoms with Crippen molar-refractivity contribution >= 4 is 11.5 Å². The van der Waals surface area contributed by atoms with Crippen molar-refractivity contribution in [1.29, 1.82) is 5.26 Å². The van der Waals surface area contributed by atoms with Crippen LogP contribution in [0.5, 0.6) is 0 Å². The second-order valence-electron chi connectivity index (χ2n) is 4.12. The number of hydrogen-bond acceptors (Lipinski definition) is 6. The minimum atomic E-state index is -0.589. The number of rotatable bonds is 5. The molecule has 0 aromatic carbocycles. The van der Waals surface area contributed by atoms with Gasteiger partial charge in [-0.15, -0.1) is 0 Å². The third-order valence-electron chi connectivity index (χ3n) is 2.67. The summed E-state index contributed by atoms with van der Waals surface area (Å²) >= 11 is 0. The van der Waals surface area contributed by atoms with Gasteiger partial charge >= 0.3 is 5.69 Å². The van der Waals surface area contributed by atoms with E-state index >= 15 is 0 Å². The van der Waals surface area contributed by atoms with Crippen LogP contribution in [0.1, 0.15) is 12.5 Å². The highest BCUT2D eigenvalue weighted by atomic mass is 16.6. The van der Waals surface area contributed by atoms with E-state index in [0.717, 1.165) is 0 Å². The highest BCUT2D eigenvalue weighted by Gasteiger charge is 2.21. The first-order chi connectivity index (χ1) is 8.47. The third kappa shape index (κ3) is 3.15. The van der Waals surface area contributed by atoms with E-state index in [9.17, 15) is 10.1 Å². The van der Waals surface area contributed by atoms with Crippen molar-refractivity contribution in [2.45, 2.75) is 13.0 Å². The van der Waals surface area contributed by atoms with Crippen LogP contribution in [0.2, 0.25) is 0 Å². The zero-order chi connectivity index (χ0) is 13.7. The molecule has 1 atom stereocenters. The number of pyridine rings is 1. The van der Waals surface area contributed by atoms with E-state index < -0.39 is 4.92 Å². The molecule has 0 bridgehead atoms. The number of nitrogens with zero attached hydrogens (tertiary/aromatic N) is 4. The quantitative estimate of drug-likeness (QED) is 0.622. The Morgan fingerprint density at radius 1 is 1.67 bits per heavy atom.